The van der Waals surface area contributed by atoms with Crippen LogP contribution in [-0.2, 0) is 9.53 Å². The zero-order valence-electron chi connectivity index (χ0n) is 12.4. The molecule has 0 aromatic heterocycles. The number of hydrogen-bond acceptors (Lipinski definition) is 5. The lowest BCUT2D eigenvalue weighted by molar-refractivity contribution is -0.142. The number of nitrogens with zero attached hydrogens (tertiary/aromatic N) is 1. The number of benzene rings is 1. The van der Waals surface area contributed by atoms with E-state index in [0.717, 1.165) is 11.6 Å². The van der Waals surface area contributed by atoms with Crippen molar-refractivity contribution in [3.8, 4) is 5.75 Å². The van der Waals surface area contributed by atoms with Gasteiger partial charge in [0, 0.05) is 24.8 Å². The van der Waals surface area contributed by atoms with Crippen LogP contribution >= 0.6 is 0 Å². The number of carbonyl (C=O) groups is 1. The summed E-state index contributed by atoms with van der Waals surface area (Å²) in [6.07, 6.45) is 2.52. The molecule has 114 valence electrons. The number of methoxy groups -OCH3 is 1. The highest BCUT2D eigenvalue weighted by Gasteiger charge is 2.33. The number of fused-ring (bicyclic) bond motifs is 2. The van der Waals surface area contributed by atoms with Crippen molar-refractivity contribution in [3.63, 3.8) is 0 Å². The third-order valence-electron chi connectivity index (χ3n) is 4.42. The van der Waals surface area contributed by atoms with Crippen LogP contribution in [0.4, 0.5) is 5.69 Å². The molecular formula is C16H22N2O3. The summed E-state index contributed by atoms with van der Waals surface area (Å²) >= 11 is 0. The van der Waals surface area contributed by atoms with Crippen molar-refractivity contribution >= 4 is 11.7 Å². The third-order valence-corrected chi connectivity index (χ3v) is 4.42. The number of ether oxygens (including phenoxy) is 2. The molecule has 2 heterocycles. The van der Waals surface area contributed by atoms with E-state index < -0.39 is 0 Å². The number of anilines is 1. The van der Waals surface area contributed by atoms with Crippen LogP contribution in [0.5, 0.6) is 5.75 Å². The van der Waals surface area contributed by atoms with E-state index in [4.69, 9.17) is 4.74 Å². The second kappa shape index (κ2) is 6.35. The van der Waals surface area contributed by atoms with E-state index in [0.29, 0.717) is 11.8 Å². The number of nitrogens with one attached hydrogen (secondary N) is 1. The molecule has 1 N–H and O–H groups in total. The van der Waals surface area contributed by atoms with Crippen molar-refractivity contribution < 1.29 is 14.3 Å². The first-order valence-corrected chi connectivity index (χ1v) is 7.53. The summed E-state index contributed by atoms with van der Waals surface area (Å²) in [5.41, 5.74) is 1.12. The Morgan fingerprint density at radius 2 is 2.05 bits per heavy atom. The number of esters is 1. The van der Waals surface area contributed by atoms with E-state index >= 15 is 0 Å². The average molecular weight is 290 g/mol. The molecule has 0 amide bonds. The molecule has 3 unspecified atom stereocenters. The standard InChI is InChI=1S/C16H22N2O3/c1-20-16(19)11-21-14-4-2-13(3-5-14)17-15-7-9-18-8-6-12(15)10-18/h2-5,12,15,17H,6-11H2,1H3. The Morgan fingerprint density at radius 3 is 2.81 bits per heavy atom. The molecule has 0 radical (unpaired) electrons. The highest BCUT2D eigenvalue weighted by molar-refractivity contribution is 5.70. The molecule has 1 aromatic rings. The van der Waals surface area contributed by atoms with Crippen molar-refractivity contribution in [3.05, 3.63) is 24.3 Å². The van der Waals surface area contributed by atoms with E-state index in [1.165, 1.54) is 39.6 Å². The van der Waals surface area contributed by atoms with Crippen LogP contribution in [0, 0.1) is 5.92 Å². The van der Waals surface area contributed by atoms with Crippen LogP contribution in [0.2, 0.25) is 0 Å². The Hall–Kier alpha value is -1.75. The molecule has 2 fully saturated rings. The predicted octanol–water partition coefficient (Wildman–Crippen LogP) is 1.74. The minimum absolute atomic E-state index is 0.0518. The van der Waals surface area contributed by atoms with E-state index in [-0.39, 0.29) is 12.6 Å². The fourth-order valence-corrected chi connectivity index (χ4v) is 3.20. The van der Waals surface area contributed by atoms with E-state index in [9.17, 15) is 4.79 Å². The second-order valence-corrected chi connectivity index (χ2v) is 5.78. The van der Waals surface area contributed by atoms with Crippen LogP contribution in [0.1, 0.15) is 12.8 Å². The summed E-state index contributed by atoms with van der Waals surface area (Å²) in [6, 6.07) is 8.36. The summed E-state index contributed by atoms with van der Waals surface area (Å²) in [7, 11) is 1.35. The van der Waals surface area contributed by atoms with Gasteiger partial charge in [-0.2, -0.15) is 0 Å². The van der Waals surface area contributed by atoms with E-state index in [1.807, 2.05) is 24.3 Å². The van der Waals surface area contributed by atoms with Gasteiger partial charge in [0.25, 0.3) is 0 Å². The second-order valence-electron chi connectivity index (χ2n) is 5.78. The first kappa shape index (κ1) is 14.2. The first-order chi connectivity index (χ1) is 10.2. The number of piperidine rings is 1. The van der Waals surface area contributed by atoms with Gasteiger partial charge in [-0.3, -0.25) is 0 Å². The molecule has 3 rings (SSSR count). The zero-order chi connectivity index (χ0) is 14.7. The van der Waals surface area contributed by atoms with Crippen LogP contribution in [0.3, 0.4) is 0 Å². The van der Waals surface area contributed by atoms with Gasteiger partial charge in [0.05, 0.1) is 7.11 Å². The smallest absolute Gasteiger partial charge is 0.343 e. The Kier molecular flexibility index (Phi) is 4.29. The molecule has 1 aromatic carbocycles. The minimum Gasteiger partial charge on any atom is -0.482 e. The summed E-state index contributed by atoms with van der Waals surface area (Å²) in [5, 5.41) is 3.64. The van der Waals surface area contributed by atoms with Gasteiger partial charge in [-0.05, 0) is 49.6 Å². The normalized spacial score (nSPS) is 27.2. The summed E-state index contributed by atoms with van der Waals surface area (Å²) in [6.45, 7) is 3.64. The largest absolute Gasteiger partial charge is 0.482 e. The summed E-state index contributed by atoms with van der Waals surface area (Å²) in [5.74, 6) is 1.08. The number of hydrogen-bond donors (Lipinski definition) is 1. The van der Waals surface area contributed by atoms with Gasteiger partial charge in [0.2, 0.25) is 0 Å². The van der Waals surface area contributed by atoms with Crippen molar-refractivity contribution in [2.75, 3.05) is 38.7 Å². The maximum absolute atomic E-state index is 11.0. The molecule has 5 nitrogen and oxygen atoms in total. The fourth-order valence-electron chi connectivity index (χ4n) is 3.20. The van der Waals surface area contributed by atoms with Gasteiger partial charge in [-0.25, -0.2) is 4.79 Å². The Morgan fingerprint density at radius 1 is 1.29 bits per heavy atom. The summed E-state index contributed by atoms with van der Waals surface area (Å²) in [4.78, 5) is 13.6. The Balaban J connectivity index is 1.53. The molecule has 3 atom stereocenters. The monoisotopic (exact) mass is 290 g/mol. The van der Waals surface area contributed by atoms with Crippen LogP contribution in [-0.4, -0.2) is 50.3 Å². The van der Waals surface area contributed by atoms with Crippen LogP contribution in [0.15, 0.2) is 24.3 Å². The van der Waals surface area contributed by atoms with Gasteiger partial charge in [0.1, 0.15) is 5.75 Å². The van der Waals surface area contributed by atoms with Gasteiger partial charge < -0.3 is 19.7 Å². The lowest BCUT2D eigenvalue weighted by atomic mass is 9.94. The highest BCUT2D eigenvalue weighted by atomic mass is 16.6. The quantitative estimate of drug-likeness (QED) is 0.837. The predicted molar refractivity (Wildman–Crippen MR) is 80.5 cm³/mol. The molecule has 2 aliphatic heterocycles. The molecule has 0 spiro atoms. The summed E-state index contributed by atoms with van der Waals surface area (Å²) < 4.78 is 9.89. The van der Waals surface area contributed by atoms with E-state index in [1.54, 1.807) is 0 Å². The van der Waals surface area contributed by atoms with Gasteiger partial charge in [-0.1, -0.05) is 0 Å². The Bertz CT molecular complexity index is 489. The van der Waals surface area contributed by atoms with Gasteiger partial charge in [0.15, 0.2) is 6.61 Å². The maximum Gasteiger partial charge on any atom is 0.343 e. The molecule has 5 heteroatoms. The topological polar surface area (TPSA) is 50.8 Å². The molecule has 0 aliphatic carbocycles. The molecule has 0 saturated carbocycles. The lowest BCUT2D eigenvalue weighted by Gasteiger charge is -2.31. The average Bonchev–Trinajstić information content (AvgIpc) is 2.91. The van der Waals surface area contributed by atoms with Crippen LogP contribution < -0.4 is 10.1 Å². The molecular weight excluding hydrogens is 268 g/mol. The molecule has 2 saturated heterocycles. The van der Waals surface area contributed by atoms with Crippen molar-refractivity contribution in [2.45, 2.75) is 18.9 Å². The van der Waals surface area contributed by atoms with Crippen molar-refractivity contribution in [2.24, 2.45) is 5.92 Å². The van der Waals surface area contributed by atoms with E-state index in [2.05, 4.69) is 15.0 Å². The van der Waals surface area contributed by atoms with Crippen LogP contribution in [0.25, 0.3) is 0 Å². The fraction of sp³-hybridized carbons (Fsp3) is 0.562. The van der Waals surface area contributed by atoms with Gasteiger partial charge in [-0.15, -0.1) is 0 Å². The van der Waals surface area contributed by atoms with Crippen molar-refractivity contribution in [1.29, 1.82) is 0 Å². The van der Waals surface area contributed by atoms with Gasteiger partial charge >= 0.3 is 5.97 Å². The SMILES string of the molecule is COC(=O)COc1ccc(NC2CCN3CCC2C3)cc1. The molecule has 2 bridgehead atoms. The maximum atomic E-state index is 11.0. The molecule has 2 aliphatic rings. The first-order valence-electron chi connectivity index (χ1n) is 7.53. The zero-order valence-corrected chi connectivity index (χ0v) is 12.4. The highest BCUT2D eigenvalue weighted by Crippen LogP contribution is 2.29. The number of rotatable bonds is 5. The Labute approximate surface area is 125 Å². The third kappa shape index (κ3) is 3.47. The number of carbonyl (C=O) groups excluding carboxylic acids is 1. The van der Waals surface area contributed by atoms with Crippen molar-refractivity contribution in [1.82, 2.24) is 4.90 Å². The molecule has 21 heavy (non-hydrogen) atoms. The lowest BCUT2D eigenvalue weighted by Crippen LogP contribution is -2.39. The minimum atomic E-state index is -0.370.